The van der Waals surface area contributed by atoms with Gasteiger partial charge in [-0.25, -0.2) is 4.79 Å². The molecule has 0 atom stereocenters. The average molecular weight is 320 g/mol. The second-order valence-corrected chi connectivity index (χ2v) is 5.85. The summed E-state index contributed by atoms with van der Waals surface area (Å²) in [6.45, 7) is 8.10. The van der Waals surface area contributed by atoms with Gasteiger partial charge in [0.05, 0.1) is 45.8 Å². The number of hydrogen-bond donors (Lipinski definition) is 2. The number of carbonyl (C=O) groups excluding carboxylic acids is 2. The highest BCUT2D eigenvalue weighted by molar-refractivity contribution is 5.90. The molecule has 2 N–H and O–H groups in total. The van der Waals surface area contributed by atoms with E-state index >= 15 is 0 Å². The Hall–Kier alpha value is -2.08. The molecule has 126 valence electrons. The predicted octanol–water partition coefficient (Wildman–Crippen LogP) is 0.681. The van der Waals surface area contributed by atoms with Gasteiger partial charge >= 0.3 is 6.09 Å². The molecule has 1 aliphatic rings. The molecule has 1 aromatic rings. The molecule has 0 radical (unpaired) electrons. The summed E-state index contributed by atoms with van der Waals surface area (Å²) in [5.41, 5.74) is 1.97. The minimum atomic E-state index is -0.233. The maximum absolute atomic E-state index is 12.0. The number of amides is 2. The van der Waals surface area contributed by atoms with Crippen LogP contribution in [-0.4, -0.2) is 56.2 Å². The third-order valence-corrected chi connectivity index (χ3v) is 4.00. The molecule has 6 nitrogen and oxygen atoms in total. The molecule has 23 heavy (non-hydrogen) atoms. The Labute approximate surface area is 137 Å². The first-order valence-electron chi connectivity index (χ1n) is 8.20. The molecule has 1 aliphatic heterocycles. The molecule has 2 rings (SSSR count). The van der Waals surface area contributed by atoms with Crippen molar-refractivity contribution in [3.05, 3.63) is 29.8 Å². The van der Waals surface area contributed by atoms with Crippen LogP contribution in [0, 0.1) is 6.92 Å². The van der Waals surface area contributed by atoms with Gasteiger partial charge in [-0.3, -0.25) is 9.69 Å². The van der Waals surface area contributed by atoms with E-state index in [2.05, 4.69) is 5.32 Å². The molecule has 0 spiro atoms. The number of ether oxygens (including phenoxy) is 1. The molecule has 1 heterocycles. The zero-order chi connectivity index (χ0) is 16.7. The fraction of sp³-hybridized carbons (Fsp3) is 0.529. The van der Waals surface area contributed by atoms with Crippen molar-refractivity contribution in [2.24, 2.45) is 0 Å². The number of piperazine rings is 1. The monoisotopic (exact) mass is 320 g/mol. The Morgan fingerprint density at radius 3 is 2.70 bits per heavy atom. The first-order chi connectivity index (χ1) is 11.1. The van der Waals surface area contributed by atoms with Gasteiger partial charge in [-0.2, -0.15) is 0 Å². The van der Waals surface area contributed by atoms with Crippen LogP contribution in [0.25, 0.3) is 0 Å². The van der Waals surface area contributed by atoms with Crippen LogP contribution in [0.15, 0.2) is 24.3 Å². The Balaban J connectivity index is 1.69. The van der Waals surface area contributed by atoms with E-state index in [1.54, 1.807) is 4.90 Å². The van der Waals surface area contributed by atoms with E-state index < -0.39 is 0 Å². The molecule has 0 aliphatic carbocycles. The Kier molecular flexibility index (Phi) is 6.40. The van der Waals surface area contributed by atoms with Crippen molar-refractivity contribution < 1.29 is 19.2 Å². The summed E-state index contributed by atoms with van der Waals surface area (Å²) in [5.74, 6) is 0.0379. The van der Waals surface area contributed by atoms with E-state index in [4.69, 9.17) is 4.74 Å². The zero-order valence-electron chi connectivity index (χ0n) is 13.9. The third-order valence-electron chi connectivity index (χ3n) is 4.00. The van der Waals surface area contributed by atoms with Gasteiger partial charge in [-0.05, 0) is 31.5 Å². The molecule has 6 heteroatoms. The van der Waals surface area contributed by atoms with E-state index in [0.717, 1.165) is 30.9 Å². The summed E-state index contributed by atoms with van der Waals surface area (Å²) >= 11 is 0. The van der Waals surface area contributed by atoms with Gasteiger partial charge in [0.25, 0.3) is 0 Å². The van der Waals surface area contributed by atoms with Crippen LogP contribution in [0.5, 0.6) is 0 Å². The molecule has 1 fully saturated rings. The molecule has 2 amide bonds. The summed E-state index contributed by atoms with van der Waals surface area (Å²) in [4.78, 5) is 26.7. The maximum atomic E-state index is 12.0. The lowest BCUT2D eigenvalue weighted by molar-refractivity contribution is -0.903. The zero-order valence-corrected chi connectivity index (χ0v) is 13.9. The average Bonchev–Trinajstić information content (AvgIpc) is 2.54. The number of rotatable bonds is 5. The maximum Gasteiger partial charge on any atom is 0.410 e. The van der Waals surface area contributed by atoms with E-state index in [1.165, 1.54) is 4.90 Å². The number of hydrogen-bond acceptors (Lipinski definition) is 3. The van der Waals surface area contributed by atoms with E-state index in [-0.39, 0.29) is 12.0 Å². The SMILES string of the molecule is CCOC(=O)N1CC[NH+](CCC(=O)Nc2cccc(C)c2)CC1. The first kappa shape index (κ1) is 17.3. The van der Waals surface area contributed by atoms with Crippen molar-refractivity contribution in [2.75, 3.05) is 44.6 Å². The minimum absolute atomic E-state index is 0.0379. The normalized spacial score (nSPS) is 15.3. The van der Waals surface area contributed by atoms with Gasteiger partial charge in [-0.1, -0.05) is 12.1 Å². The van der Waals surface area contributed by atoms with Crippen LogP contribution in [0.4, 0.5) is 10.5 Å². The van der Waals surface area contributed by atoms with Gasteiger partial charge in [-0.15, -0.1) is 0 Å². The largest absolute Gasteiger partial charge is 0.450 e. The van der Waals surface area contributed by atoms with Gasteiger partial charge in [0.1, 0.15) is 0 Å². The fourth-order valence-corrected chi connectivity index (χ4v) is 2.71. The van der Waals surface area contributed by atoms with Crippen molar-refractivity contribution in [1.29, 1.82) is 0 Å². The second-order valence-electron chi connectivity index (χ2n) is 5.85. The van der Waals surface area contributed by atoms with E-state index in [0.29, 0.717) is 26.1 Å². The second kappa shape index (κ2) is 8.53. The van der Waals surface area contributed by atoms with Crippen LogP contribution in [-0.2, 0) is 9.53 Å². The summed E-state index contributed by atoms with van der Waals surface area (Å²) in [5, 5.41) is 2.93. The molecule has 0 unspecified atom stereocenters. The Morgan fingerprint density at radius 2 is 2.04 bits per heavy atom. The van der Waals surface area contributed by atoms with Crippen LogP contribution in [0.3, 0.4) is 0 Å². The van der Waals surface area contributed by atoms with Crippen molar-refractivity contribution in [1.82, 2.24) is 4.90 Å². The van der Waals surface area contributed by atoms with Gasteiger partial charge in [0.15, 0.2) is 0 Å². The number of anilines is 1. The van der Waals surface area contributed by atoms with Crippen LogP contribution in [0.1, 0.15) is 18.9 Å². The first-order valence-corrected chi connectivity index (χ1v) is 8.20. The highest BCUT2D eigenvalue weighted by Gasteiger charge is 2.24. The molecule has 0 bridgehead atoms. The number of quaternary nitrogens is 1. The standard InChI is InChI=1S/C17H25N3O3/c1-3-23-17(22)20-11-9-19(10-12-20)8-7-16(21)18-15-6-4-5-14(2)13-15/h4-6,13H,3,7-12H2,1-2H3,(H,18,21)/p+1. The van der Waals surface area contributed by atoms with Crippen molar-refractivity contribution in [3.63, 3.8) is 0 Å². The smallest absolute Gasteiger partial charge is 0.410 e. The minimum Gasteiger partial charge on any atom is -0.450 e. The lowest BCUT2D eigenvalue weighted by Crippen LogP contribution is -3.15. The molecular weight excluding hydrogens is 294 g/mol. The summed E-state index contributed by atoms with van der Waals surface area (Å²) < 4.78 is 5.00. The number of benzene rings is 1. The number of nitrogens with zero attached hydrogens (tertiary/aromatic N) is 1. The highest BCUT2D eigenvalue weighted by Crippen LogP contribution is 2.09. The quantitative estimate of drug-likeness (QED) is 0.839. The number of aryl methyl sites for hydroxylation is 1. The third kappa shape index (κ3) is 5.56. The van der Waals surface area contributed by atoms with Crippen molar-refractivity contribution >= 4 is 17.7 Å². The van der Waals surface area contributed by atoms with Gasteiger partial charge in [0.2, 0.25) is 5.91 Å². The molecular formula is C17H26N3O3+. The summed E-state index contributed by atoms with van der Waals surface area (Å²) in [6.07, 6.45) is 0.256. The summed E-state index contributed by atoms with van der Waals surface area (Å²) in [6, 6.07) is 7.80. The van der Waals surface area contributed by atoms with E-state index in [9.17, 15) is 9.59 Å². The van der Waals surface area contributed by atoms with Gasteiger partial charge in [0, 0.05) is 5.69 Å². The van der Waals surface area contributed by atoms with E-state index in [1.807, 2.05) is 38.1 Å². The molecule has 1 aromatic carbocycles. The lowest BCUT2D eigenvalue weighted by atomic mass is 10.2. The van der Waals surface area contributed by atoms with Gasteiger partial charge < -0.3 is 15.0 Å². The molecule has 0 saturated carbocycles. The fourth-order valence-electron chi connectivity index (χ4n) is 2.71. The van der Waals surface area contributed by atoms with Crippen molar-refractivity contribution in [3.8, 4) is 0 Å². The number of nitrogens with one attached hydrogen (secondary N) is 2. The summed E-state index contributed by atoms with van der Waals surface area (Å²) in [7, 11) is 0. The highest BCUT2D eigenvalue weighted by atomic mass is 16.6. The van der Waals surface area contributed by atoms with Crippen LogP contribution < -0.4 is 10.2 Å². The molecule has 0 aromatic heterocycles. The predicted molar refractivity (Wildman–Crippen MR) is 88.6 cm³/mol. The number of carbonyl (C=O) groups is 2. The topological polar surface area (TPSA) is 63.1 Å². The van der Waals surface area contributed by atoms with Crippen LogP contribution >= 0.6 is 0 Å². The lowest BCUT2D eigenvalue weighted by Gasteiger charge is -2.31. The van der Waals surface area contributed by atoms with Crippen molar-refractivity contribution in [2.45, 2.75) is 20.3 Å². The molecule has 1 saturated heterocycles. The Bertz CT molecular complexity index is 540. The Morgan fingerprint density at radius 1 is 1.30 bits per heavy atom. The van der Waals surface area contributed by atoms with Crippen LogP contribution in [0.2, 0.25) is 0 Å².